The van der Waals surface area contributed by atoms with Crippen molar-refractivity contribution in [2.24, 2.45) is 5.92 Å². The number of piperidine rings is 1. The maximum atomic E-state index is 13.5. The van der Waals surface area contributed by atoms with Gasteiger partial charge in [-0.3, -0.25) is 14.6 Å². The molecule has 1 N–H and O–H groups in total. The Labute approximate surface area is 179 Å². The summed E-state index contributed by atoms with van der Waals surface area (Å²) < 4.78 is 1.85. The van der Waals surface area contributed by atoms with Gasteiger partial charge in [-0.15, -0.1) is 0 Å². The van der Waals surface area contributed by atoms with Crippen LogP contribution in [0.4, 0.5) is 0 Å². The van der Waals surface area contributed by atoms with Crippen LogP contribution in [0, 0.1) is 5.92 Å². The number of hydrogen-bond acceptors (Lipinski definition) is 5. The highest BCUT2D eigenvalue weighted by Crippen LogP contribution is 2.31. The average molecular weight is 421 g/mol. The van der Waals surface area contributed by atoms with E-state index in [1.165, 1.54) is 0 Å². The molecule has 6 nitrogen and oxygen atoms in total. The van der Waals surface area contributed by atoms with E-state index in [2.05, 4.69) is 10.3 Å². The largest absolute Gasteiger partial charge is 0.330 e. The molecule has 2 atom stereocenters. The van der Waals surface area contributed by atoms with E-state index in [0.29, 0.717) is 31.5 Å². The molecule has 154 valence electrons. The Bertz CT molecular complexity index is 1090. The predicted molar refractivity (Wildman–Crippen MR) is 117 cm³/mol. The van der Waals surface area contributed by atoms with Gasteiger partial charge in [0.05, 0.1) is 0 Å². The molecule has 2 aliphatic rings. The van der Waals surface area contributed by atoms with Crippen LogP contribution in [0.5, 0.6) is 0 Å². The van der Waals surface area contributed by atoms with Crippen molar-refractivity contribution in [3.05, 3.63) is 86.2 Å². The van der Waals surface area contributed by atoms with Crippen LogP contribution in [0.1, 0.15) is 39.5 Å². The van der Waals surface area contributed by atoms with E-state index in [1.54, 1.807) is 34.7 Å². The third kappa shape index (κ3) is 3.70. The van der Waals surface area contributed by atoms with E-state index in [-0.39, 0.29) is 17.0 Å². The Morgan fingerprint density at radius 1 is 1.20 bits per heavy atom. The monoisotopic (exact) mass is 420 g/mol. The van der Waals surface area contributed by atoms with Gasteiger partial charge in [-0.05, 0) is 65.0 Å². The summed E-state index contributed by atoms with van der Waals surface area (Å²) in [5.41, 5.74) is 3.16. The third-order valence-corrected chi connectivity index (χ3v) is 6.81. The minimum Gasteiger partial charge on any atom is -0.330 e. The van der Waals surface area contributed by atoms with Gasteiger partial charge >= 0.3 is 0 Å². The summed E-state index contributed by atoms with van der Waals surface area (Å²) in [4.78, 5) is 32.8. The number of rotatable bonds is 5. The summed E-state index contributed by atoms with van der Waals surface area (Å²) in [6, 6.07) is 9.55. The van der Waals surface area contributed by atoms with Crippen LogP contribution in [0.15, 0.2) is 58.3 Å². The van der Waals surface area contributed by atoms with Crippen LogP contribution in [-0.4, -0.2) is 33.4 Å². The van der Waals surface area contributed by atoms with Crippen molar-refractivity contribution in [2.45, 2.75) is 32.0 Å². The molecule has 0 spiro atoms. The van der Waals surface area contributed by atoms with Crippen molar-refractivity contribution in [3.63, 3.8) is 0 Å². The smallest absolute Gasteiger partial charge is 0.263 e. The van der Waals surface area contributed by atoms with Crippen molar-refractivity contribution >= 4 is 17.2 Å². The molecule has 7 heteroatoms. The Morgan fingerprint density at radius 3 is 2.90 bits per heavy atom. The molecule has 1 fully saturated rings. The van der Waals surface area contributed by atoms with E-state index in [4.69, 9.17) is 0 Å². The Kier molecular flexibility index (Phi) is 5.23. The lowest BCUT2D eigenvalue weighted by molar-refractivity contribution is 0.0726. The number of carbonyl (C=O) groups is 1. The molecule has 5 heterocycles. The Hall–Kier alpha value is -2.77. The van der Waals surface area contributed by atoms with E-state index >= 15 is 0 Å². The van der Waals surface area contributed by atoms with Crippen LogP contribution < -0.4 is 10.9 Å². The molecule has 5 rings (SSSR count). The standard InChI is InChI=1S/C23H24N4O2S/c28-22(26(13-17-5-7-30-15-17)12-16-2-1-6-24-9-16)20-3-4-21-19-8-18(10-25-11-19)14-27(21)23(20)29/h1-7,9,15,18-19,25H,8,10-14H2/t18-,19+/m0/s1. The van der Waals surface area contributed by atoms with Crippen LogP contribution in [0.25, 0.3) is 0 Å². The fourth-order valence-electron chi connectivity index (χ4n) is 4.64. The zero-order valence-electron chi connectivity index (χ0n) is 16.7. The summed E-state index contributed by atoms with van der Waals surface area (Å²) in [5.74, 6) is 0.586. The molecule has 0 radical (unpaired) electrons. The molecule has 3 aromatic heterocycles. The van der Waals surface area contributed by atoms with Crippen molar-refractivity contribution in [2.75, 3.05) is 13.1 Å². The number of hydrogen-bond donors (Lipinski definition) is 1. The topological polar surface area (TPSA) is 67.2 Å². The summed E-state index contributed by atoms with van der Waals surface area (Å²) in [5, 5.41) is 7.50. The number of amides is 1. The lowest BCUT2D eigenvalue weighted by atomic mass is 9.84. The minimum absolute atomic E-state index is 0.157. The first kappa shape index (κ1) is 19.2. The zero-order chi connectivity index (χ0) is 20.5. The highest BCUT2D eigenvalue weighted by molar-refractivity contribution is 7.07. The van der Waals surface area contributed by atoms with Crippen molar-refractivity contribution in [1.82, 2.24) is 19.8 Å². The molecular formula is C23H24N4O2S. The van der Waals surface area contributed by atoms with Gasteiger partial charge in [0.2, 0.25) is 0 Å². The number of pyridine rings is 2. The van der Waals surface area contributed by atoms with Gasteiger partial charge in [0.15, 0.2) is 0 Å². The van der Waals surface area contributed by atoms with Crippen molar-refractivity contribution in [1.29, 1.82) is 0 Å². The number of nitrogens with one attached hydrogen (secondary N) is 1. The van der Waals surface area contributed by atoms with Gasteiger partial charge in [-0.2, -0.15) is 11.3 Å². The first-order chi connectivity index (χ1) is 14.7. The molecule has 0 unspecified atom stereocenters. The molecule has 2 aliphatic heterocycles. The quantitative estimate of drug-likeness (QED) is 0.689. The first-order valence-electron chi connectivity index (χ1n) is 10.3. The third-order valence-electron chi connectivity index (χ3n) is 6.08. The van der Waals surface area contributed by atoms with Gasteiger partial charge in [-0.1, -0.05) is 6.07 Å². The number of nitrogens with zero attached hydrogens (tertiary/aromatic N) is 3. The second-order valence-corrected chi connectivity index (χ2v) is 8.98. The predicted octanol–water partition coefficient (Wildman–Crippen LogP) is 2.85. The Balaban J connectivity index is 1.48. The maximum absolute atomic E-state index is 13.5. The zero-order valence-corrected chi connectivity index (χ0v) is 17.5. The van der Waals surface area contributed by atoms with Gasteiger partial charge in [0, 0.05) is 50.2 Å². The number of aromatic nitrogens is 2. The summed E-state index contributed by atoms with van der Waals surface area (Å²) >= 11 is 1.60. The molecule has 2 bridgehead atoms. The molecular weight excluding hydrogens is 396 g/mol. The first-order valence-corrected chi connectivity index (χ1v) is 11.3. The summed E-state index contributed by atoms with van der Waals surface area (Å²) in [6.45, 7) is 3.40. The van der Waals surface area contributed by atoms with Crippen LogP contribution in [0.2, 0.25) is 0 Å². The Morgan fingerprint density at radius 2 is 2.10 bits per heavy atom. The van der Waals surface area contributed by atoms with Gasteiger partial charge in [0.1, 0.15) is 5.56 Å². The van der Waals surface area contributed by atoms with Gasteiger partial charge in [-0.25, -0.2) is 0 Å². The van der Waals surface area contributed by atoms with Crippen molar-refractivity contribution < 1.29 is 4.79 Å². The normalized spacial score (nSPS) is 19.9. The highest BCUT2D eigenvalue weighted by atomic mass is 32.1. The average Bonchev–Trinajstić information content (AvgIpc) is 3.28. The van der Waals surface area contributed by atoms with Crippen molar-refractivity contribution in [3.8, 4) is 0 Å². The molecule has 3 aromatic rings. The van der Waals surface area contributed by atoms with Gasteiger partial charge < -0.3 is 14.8 Å². The fraction of sp³-hybridized carbons (Fsp3) is 0.348. The molecule has 0 saturated carbocycles. The van der Waals surface area contributed by atoms with Crippen LogP contribution in [-0.2, 0) is 19.6 Å². The minimum atomic E-state index is -0.223. The second-order valence-electron chi connectivity index (χ2n) is 8.20. The van der Waals surface area contributed by atoms with Crippen LogP contribution in [0.3, 0.4) is 0 Å². The van der Waals surface area contributed by atoms with E-state index in [0.717, 1.165) is 36.3 Å². The van der Waals surface area contributed by atoms with E-state index < -0.39 is 0 Å². The number of thiophene rings is 1. The second kappa shape index (κ2) is 8.16. The van der Waals surface area contributed by atoms with Crippen LogP contribution >= 0.6 is 11.3 Å². The lowest BCUT2D eigenvalue weighted by Crippen LogP contribution is -2.46. The molecule has 30 heavy (non-hydrogen) atoms. The summed E-state index contributed by atoms with van der Waals surface area (Å²) in [6.07, 6.45) is 4.60. The number of carbonyl (C=O) groups excluding carboxylic acids is 1. The summed E-state index contributed by atoms with van der Waals surface area (Å²) in [7, 11) is 0. The molecule has 1 saturated heterocycles. The lowest BCUT2D eigenvalue weighted by Gasteiger charge is -2.37. The molecule has 0 aliphatic carbocycles. The SMILES string of the molecule is O=C(c1ccc2n(c1=O)C[C@@H]1CNC[C@H]2C1)N(Cc1cccnc1)Cc1ccsc1. The molecule has 1 amide bonds. The fourth-order valence-corrected chi connectivity index (χ4v) is 5.30. The van der Waals surface area contributed by atoms with E-state index in [9.17, 15) is 9.59 Å². The number of fused-ring (bicyclic) bond motifs is 4. The van der Waals surface area contributed by atoms with Gasteiger partial charge in [0.25, 0.3) is 11.5 Å². The maximum Gasteiger partial charge on any atom is 0.263 e. The van der Waals surface area contributed by atoms with E-state index in [1.807, 2.05) is 39.6 Å². The molecule has 0 aromatic carbocycles. The highest BCUT2D eigenvalue weighted by Gasteiger charge is 2.32.